The van der Waals surface area contributed by atoms with Gasteiger partial charge in [0, 0.05) is 12.6 Å². The van der Waals surface area contributed by atoms with Gasteiger partial charge in [0.05, 0.1) is 23.7 Å². The molecule has 1 saturated heterocycles. The molecule has 0 atom stereocenters. The Labute approximate surface area is 161 Å². The van der Waals surface area contributed by atoms with Gasteiger partial charge in [-0.15, -0.1) is 0 Å². The highest BCUT2D eigenvalue weighted by atomic mass is 19.4. The molecule has 2 aromatic rings. The number of aromatic nitrogens is 2. The number of benzene rings is 1. The monoisotopic (exact) mass is 395 g/mol. The van der Waals surface area contributed by atoms with Crippen molar-refractivity contribution in [2.45, 2.75) is 25.9 Å². The third-order valence-corrected chi connectivity index (χ3v) is 4.31. The number of rotatable bonds is 2. The van der Waals surface area contributed by atoms with E-state index in [9.17, 15) is 18.3 Å². The lowest BCUT2D eigenvalue weighted by Crippen LogP contribution is -2.10. The average Bonchev–Trinajstić information content (AvgIpc) is 3.07. The number of halogens is 3. The van der Waals surface area contributed by atoms with Crippen LogP contribution in [0.4, 0.5) is 19.0 Å². The number of phenolic OH excluding ortho intramolecular Hbond substituents is 1. The number of hydrogen-bond donors (Lipinski definition) is 2. The van der Waals surface area contributed by atoms with Crippen molar-refractivity contribution in [3.05, 3.63) is 35.2 Å². The van der Waals surface area contributed by atoms with Crippen LogP contribution in [0.5, 0.6) is 5.75 Å². The predicted octanol–water partition coefficient (Wildman–Crippen LogP) is 3.52. The van der Waals surface area contributed by atoms with E-state index < -0.39 is 17.5 Å². The Hall–Kier alpha value is -2.68. The highest BCUT2D eigenvalue weighted by Gasteiger charge is 2.32. The molecule has 1 aromatic heterocycles. The zero-order chi connectivity index (χ0) is 20.9. The standard InChI is InChI=1S/C14H13F3N4O.C5H11N/c1-7-3-8(14(15,16)17)4-11(22)12(7)9-6-20-10(5-19-2)13(18)21-9;1-6-4-2-3-5-6/h3-6,22H,1-2H3,(H2,18,21);2-5H2,1H3. The molecule has 6 nitrogen and oxygen atoms in total. The van der Waals surface area contributed by atoms with Crippen LogP contribution in [0.1, 0.15) is 29.7 Å². The van der Waals surface area contributed by atoms with Crippen LogP contribution in [0.3, 0.4) is 0 Å². The Morgan fingerprint density at radius 1 is 1.25 bits per heavy atom. The third kappa shape index (κ3) is 5.41. The number of aliphatic imine (C=N–C) groups is 1. The third-order valence-electron chi connectivity index (χ3n) is 4.31. The molecule has 0 spiro atoms. The Morgan fingerprint density at radius 3 is 2.32 bits per heavy atom. The summed E-state index contributed by atoms with van der Waals surface area (Å²) in [6.07, 6.45) is 1.02. The fraction of sp³-hybridized carbons (Fsp3) is 0.421. The number of alkyl halides is 3. The predicted molar refractivity (Wildman–Crippen MR) is 104 cm³/mol. The SMILES string of the molecule is CN1CCCC1.CN=Cc1ncc(-c2c(C)cc(C(F)(F)F)cc2O)nc1N. The maximum absolute atomic E-state index is 12.7. The molecule has 1 aromatic carbocycles. The van der Waals surface area contributed by atoms with E-state index in [-0.39, 0.29) is 22.6 Å². The second-order valence-electron chi connectivity index (χ2n) is 6.61. The van der Waals surface area contributed by atoms with Gasteiger partial charge in [-0.05, 0) is 57.6 Å². The lowest BCUT2D eigenvalue weighted by molar-refractivity contribution is -0.137. The van der Waals surface area contributed by atoms with Crippen molar-refractivity contribution in [1.82, 2.24) is 14.9 Å². The van der Waals surface area contributed by atoms with Crippen LogP contribution >= 0.6 is 0 Å². The maximum atomic E-state index is 12.7. The van der Waals surface area contributed by atoms with E-state index in [4.69, 9.17) is 5.73 Å². The summed E-state index contributed by atoms with van der Waals surface area (Å²) in [6, 6.07) is 1.59. The molecule has 1 aliphatic heterocycles. The molecule has 1 fully saturated rings. The van der Waals surface area contributed by atoms with Gasteiger partial charge in [0.25, 0.3) is 0 Å². The van der Waals surface area contributed by atoms with Gasteiger partial charge < -0.3 is 15.7 Å². The fourth-order valence-corrected chi connectivity index (χ4v) is 2.90. The summed E-state index contributed by atoms with van der Waals surface area (Å²) in [5.41, 5.74) is 5.70. The lowest BCUT2D eigenvalue weighted by atomic mass is 10.0. The number of aromatic hydroxyl groups is 1. The van der Waals surface area contributed by atoms with E-state index >= 15 is 0 Å². The van der Waals surface area contributed by atoms with Gasteiger partial charge in [-0.2, -0.15) is 13.2 Å². The van der Waals surface area contributed by atoms with Crippen molar-refractivity contribution in [3.63, 3.8) is 0 Å². The molecule has 0 radical (unpaired) electrons. The highest BCUT2D eigenvalue weighted by Crippen LogP contribution is 2.38. The molecule has 0 bridgehead atoms. The van der Waals surface area contributed by atoms with Crippen molar-refractivity contribution in [3.8, 4) is 17.0 Å². The number of phenols is 1. The van der Waals surface area contributed by atoms with Crippen LogP contribution in [-0.4, -0.2) is 53.4 Å². The van der Waals surface area contributed by atoms with Gasteiger partial charge in [0.2, 0.25) is 0 Å². The number of hydrogen-bond acceptors (Lipinski definition) is 6. The van der Waals surface area contributed by atoms with E-state index in [1.807, 2.05) is 0 Å². The number of aryl methyl sites for hydroxylation is 1. The van der Waals surface area contributed by atoms with Crippen molar-refractivity contribution in [2.24, 2.45) is 4.99 Å². The lowest BCUT2D eigenvalue weighted by Gasteiger charge is -2.13. The molecule has 9 heteroatoms. The fourth-order valence-electron chi connectivity index (χ4n) is 2.90. The van der Waals surface area contributed by atoms with Crippen molar-refractivity contribution >= 4 is 12.0 Å². The summed E-state index contributed by atoms with van der Waals surface area (Å²) in [4.78, 5) is 14.2. The van der Waals surface area contributed by atoms with E-state index in [1.54, 1.807) is 7.05 Å². The van der Waals surface area contributed by atoms with Crippen LogP contribution in [0.2, 0.25) is 0 Å². The zero-order valence-electron chi connectivity index (χ0n) is 16.1. The quantitative estimate of drug-likeness (QED) is 0.760. The molecule has 152 valence electrons. The van der Waals surface area contributed by atoms with Gasteiger partial charge >= 0.3 is 6.18 Å². The smallest absolute Gasteiger partial charge is 0.416 e. The first-order valence-electron chi connectivity index (χ1n) is 8.78. The molecule has 1 aliphatic rings. The van der Waals surface area contributed by atoms with Gasteiger partial charge in [0.1, 0.15) is 11.4 Å². The summed E-state index contributed by atoms with van der Waals surface area (Å²) in [7, 11) is 3.72. The largest absolute Gasteiger partial charge is 0.507 e. The highest BCUT2D eigenvalue weighted by molar-refractivity contribution is 5.84. The van der Waals surface area contributed by atoms with E-state index in [0.717, 1.165) is 6.07 Å². The van der Waals surface area contributed by atoms with Crippen LogP contribution < -0.4 is 5.73 Å². The molecule has 0 unspecified atom stereocenters. The number of nitrogens with two attached hydrogens (primary N) is 1. The normalized spacial score (nSPS) is 14.9. The first-order valence-corrected chi connectivity index (χ1v) is 8.78. The Balaban J connectivity index is 0.000000397. The maximum Gasteiger partial charge on any atom is 0.416 e. The first kappa shape index (κ1) is 21.6. The zero-order valence-corrected chi connectivity index (χ0v) is 16.1. The molecule has 0 amide bonds. The average molecular weight is 395 g/mol. The Bertz CT molecular complexity index is 823. The summed E-state index contributed by atoms with van der Waals surface area (Å²) in [5, 5.41) is 9.92. The van der Waals surface area contributed by atoms with Crippen LogP contribution in [0.15, 0.2) is 23.3 Å². The van der Waals surface area contributed by atoms with Crippen LogP contribution in [0, 0.1) is 6.92 Å². The van der Waals surface area contributed by atoms with Gasteiger partial charge in [-0.1, -0.05) is 0 Å². The number of likely N-dealkylation sites (tertiary alicyclic amines) is 1. The molecule has 0 aliphatic carbocycles. The minimum absolute atomic E-state index is 0.0711. The Morgan fingerprint density at radius 2 is 1.89 bits per heavy atom. The minimum Gasteiger partial charge on any atom is -0.507 e. The van der Waals surface area contributed by atoms with Gasteiger partial charge in [-0.25, -0.2) is 9.97 Å². The molecule has 0 saturated carbocycles. The summed E-state index contributed by atoms with van der Waals surface area (Å²) in [6.45, 7) is 4.09. The number of anilines is 1. The van der Waals surface area contributed by atoms with E-state index in [0.29, 0.717) is 11.8 Å². The summed E-state index contributed by atoms with van der Waals surface area (Å²) >= 11 is 0. The molecule has 2 heterocycles. The number of nitrogens with zero attached hydrogens (tertiary/aromatic N) is 4. The van der Waals surface area contributed by atoms with Gasteiger partial charge in [-0.3, -0.25) is 4.99 Å². The van der Waals surface area contributed by atoms with Crippen LogP contribution in [0.25, 0.3) is 11.3 Å². The summed E-state index contributed by atoms with van der Waals surface area (Å²) in [5.74, 6) is -0.459. The van der Waals surface area contributed by atoms with Crippen molar-refractivity contribution in [2.75, 3.05) is 32.9 Å². The molecule has 3 N–H and O–H groups in total. The second-order valence-corrected chi connectivity index (χ2v) is 6.61. The Kier molecular flexibility index (Phi) is 6.95. The van der Waals surface area contributed by atoms with E-state index in [1.165, 1.54) is 45.3 Å². The molecule has 28 heavy (non-hydrogen) atoms. The molecule has 3 rings (SSSR count). The molecular weight excluding hydrogens is 371 g/mol. The number of nitrogen functional groups attached to an aromatic ring is 1. The topological polar surface area (TPSA) is 87.6 Å². The van der Waals surface area contributed by atoms with E-state index in [2.05, 4.69) is 26.9 Å². The molecular formula is C19H24F3N5O. The van der Waals surface area contributed by atoms with Gasteiger partial charge in [0.15, 0.2) is 5.82 Å². The van der Waals surface area contributed by atoms with Crippen molar-refractivity contribution in [1.29, 1.82) is 0 Å². The first-order chi connectivity index (χ1) is 13.1. The van der Waals surface area contributed by atoms with Crippen LogP contribution in [-0.2, 0) is 6.18 Å². The van der Waals surface area contributed by atoms with Crippen molar-refractivity contribution < 1.29 is 18.3 Å². The minimum atomic E-state index is -4.53. The summed E-state index contributed by atoms with van der Waals surface area (Å²) < 4.78 is 38.1. The second kappa shape index (κ2) is 9.01.